The maximum Gasteiger partial charge on any atom is 0.222 e. The summed E-state index contributed by atoms with van der Waals surface area (Å²) in [6.07, 6.45) is 10.00. The third-order valence-electron chi connectivity index (χ3n) is 3.99. The normalized spacial score (nSPS) is 16.6. The molecule has 1 heterocycles. The molecule has 0 aliphatic carbocycles. The summed E-state index contributed by atoms with van der Waals surface area (Å²) >= 11 is 5.01. The van der Waals surface area contributed by atoms with Crippen LogP contribution in [0.4, 0.5) is 0 Å². The molecular formula is C15H28N2OS. The largest absolute Gasteiger partial charge is 0.393 e. The Morgan fingerprint density at radius 3 is 2.32 bits per heavy atom. The Labute approximate surface area is 122 Å². The van der Waals surface area contributed by atoms with Crippen molar-refractivity contribution in [3.8, 4) is 0 Å². The van der Waals surface area contributed by atoms with Crippen LogP contribution in [0.5, 0.6) is 0 Å². The number of carbonyl (C=O) groups excluding carboxylic acids is 1. The number of piperidine rings is 1. The molecule has 1 amide bonds. The van der Waals surface area contributed by atoms with E-state index in [1.165, 1.54) is 32.1 Å². The van der Waals surface area contributed by atoms with Crippen LogP contribution in [0.3, 0.4) is 0 Å². The highest BCUT2D eigenvalue weighted by Gasteiger charge is 2.23. The number of unbranched alkanes of at least 4 members (excludes halogenated alkanes) is 5. The van der Waals surface area contributed by atoms with E-state index in [1.54, 1.807) is 0 Å². The van der Waals surface area contributed by atoms with E-state index in [2.05, 4.69) is 6.92 Å². The van der Waals surface area contributed by atoms with Gasteiger partial charge in [0.05, 0.1) is 4.99 Å². The van der Waals surface area contributed by atoms with Crippen molar-refractivity contribution in [3.05, 3.63) is 0 Å². The fourth-order valence-electron chi connectivity index (χ4n) is 2.63. The maximum atomic E-state index is 12.0. The van der Waals surface area contributed by atoms with Gasteiger partial charge in [0.2, 0.25) is 5.91 Å². The van der Waals surface area contributed by atoms with Crippen LogP contribution in [-0.2, 0) is 4.79 Å². The van der Waals surface area contributed by atoms with Crippen molar-refractivity contribution < 1.29 is 4.79 Å². The summed E-state index contributed by atoms with van der Waals surface area (Å²) in [5, 5.41) is 0. The Kier molecular flexibility index (Phi) is 8.03. The Morgan fingerprint density at radius 1 is 1.16 bits per heavy atom. The summed E-state index contributed by atoms with van der Waals surface area (Å²) in [4.78, 5) is 14.6. The van der Waals surface area contributed by atoms with Crippen molar-refractivity contribution in [2.45, 2.75) is 64.7 Å². The molecule has 0 aromatic carbocycles. The number of hydrogen-bond donors (Lipinski definition) is 1. The van der Waals surface area contributed by atoms with Gasteiger partial charge in [-0.25, -0.2) is 0 Å². The van der Waals surface area contributed by atoms with E-state index in [1.807, 2.05) is 4.90 Å². The Hall–Kier alpha value is -0.640. The third kappa shape index (κ3) is 6.37. The molecule has 110 valence electrons. The SMILES string of the molecule is CCCCCCCCC(=O)N1CCC(C(N)=S)CC1. The van der Waals surface area contributed by atoms with Crippen LogP contribution in [-0.4, -0.2) is 28.9 Å². The highest BCUT2D eigenvalue weighted by atomic mass is 32.1. The smallest absolute Gasteiger partial charge is 0.222 e. The Bertz CT molecular complexity index is 286. The van der Waals surface area contributed by atoms with Crippen LogP contribution < -0.4 is 5.73 Å². The minimum atomic E-state index is 0.317. The molecular weight excluding hydrogens is 256 g/mol. The van der Waals surface area contributed by atoms with Crippen LogP contribution in [0, 0.1) is 5.92 Å². The molecule has 0 radical (unpaired) electrons. The fraction of sp³-hybridized carbons (Fsp3) is 0.867. The maximum absolute atomic E-state index is 12.0. The average molecular weight is 284 g/mol. The van der Waals surface area contributed by atoms with E-state index in [0.717, 1.165) is 32.4 Å². The standard InChI is InChI=1S/C15H28N2OS/c1-2-3-4-5-6-7-8-14(18)17-11-9-13(10-12-17)15(16)19/h13H,2-12H2,1H3,(H2,16,19). The number of thiocarbonyl (C=S) groups is 1. The molecule has 1 rings (SSSR count). The Morgan fingerprint density at radius 2 is 1.74 bits per heavy atom. The van der Waals surface area contributed by atoms with Gasteiger partial charge in [-0.3, -0.25) is 4.79 Å². The van der Waals surface area contributed by atoms with Crippen molar-refractivity contribution in [3.63, 3.8) is 0 Å². The van der Waals surface area contributed by atoms with Crippen molar-refractivity contribution in [2.24, 2.45) is 11.7 Å². The van der Waals surface area contributed by atoms with Gasteiger partial charge < -0.3 is 10.6 Å². The Balaban J connectivity index is 2.09. The van der Waals surface area contributed by atoms with Crippen LogP contribution in [0.15, 0.2) is 0 Å². The molecule has 0 aromatic heterocycles. The zero-order chi connectivity index (χ0) is 14.1. The van der Waals surface area contributed by atoms with Crippen LogP contribution in [0.2, 0.25) is 0 Å². The summed E-state index contributed by atoms with van der Waals surface area (Å²) in [6.45, 7) is 3.88. The molecule has 0 unspecified atom stereocenters. The molecule has 2 N–H and O–H groups in total. The number of likely N-dealkylation sites (tertiary alicyclic amines) is 1. The van der Waals surface area contributed by atoms with Gasteiger partial charge in [0.1, 0.15) is 0 Å². The molecule has 1 fully saturated rings. The van der Waals surface area contributed by atoms with Gasteiger partial charge in [-0.05, 0) is 19.3 Å². The van der Waals surface area contributed by atoms with Gasteiger partial charge in [-0.2, -0.15) is 0 Å². The first kappa shape index (κ1) is 16.4. The minimum Gasteiger partial charge on any atom is -0.393 e. The second kappa shape index (κ2) is 9.29. The molecule has 4 heteroatoms. The minimum absolute atomic E-state index is 0.317. The summed E-state index contributed by atoms with van der Waals surface area (Å²) in [5.41, 5.74) is 5.65. The highest BCUT2D eigenvalue weighted by molar-refractivity contribution is 7.80. The summed E-state index contributed by atoms with van der Waals surface area (Å²) in [6, 6.07) is 0. The van der Waals surface area contributed by atoms with Crippen molar-refractivity contribution in [1.82, 2.24) is 4.90 Å². The zero-order valence-electron chi connectivity index (χ0n) is 12.2. The fourth-order valence-corrected chi connectivity index (χ4v) is 2.86. The quantitative estimate of drug-likeness (QED) is 0.550. The number of amides is 1. The number of nitrogens with two attached hydrogens (primary N) is 1. The summed E-state index contributed by atoms with van der Waals surface area (Å²) < 4.78 is 0. The average Bonchev–Trinajstić information content (AvgIpc) is 2.42. The lowest BCUT2D eigenvalue weighted by Gasteiger charge is -2.31. The van der Waals surface area contributed by atoms with Crippen molar-refractivity contribution in [2.75, 3.05) is 13.1 Å². The molecule has 19 heavy (non-hydrogen) atoms. The summed E-state index contributed by atoms with van der Waals surface area (Å²) in [7, 11) is 0. The molecule has 0 spiro atoms. The van der Waals surface area contributed by atoms with Crippen molar-refractivity contribution >= 4 is 23.1 Å². The predicted molar refractivity (Wildman–Crippen MR) is 84.1 cm³/mol. The first-order chi connectivity index (χ1) is 9.15. The topological polar surface area (TPSA) is 46.3 Å². The molecule has 1 saturated heterocycles. The van der Waals surface area contributed by atoms with E-state index in [-0.39, 0.29) is 0 Å². The number of hydrogen-bond acceptors (Lipinski definition) is 2. The number of carbonyl (C=O) groups is 1. The van der Waals surface area contributed by atoms with E-state index in [0.29, 0.717) is 23.2 Å². The first-order valence-electron chi connectivity index (χ1n) is 7.72. The van der Waals surface area contributed by atoms with Crippen molar-refractivity contribution in [1.29, 1.82) is 0 Å². The van der Waals surface area contributed by atoms with E-state index in [9.17, 15) is 4.79 Å². The molecule has 0 bridgehead atoms. The lowest BCUT2D eigenvalue weighted by Crippen LogP contribution is -2.41. The van der Waals surface area contributed by atoms with Crippen LogP contribution in [0.1, 0.15) is 64.7 Å². The second-order valence-electron chi connectivity index (χ2n) is 5.58. The molecule has 0 atom stereocenters. The van der Waals surface area contributed by atoms with Gasteiger partial charge >= 0.3 is 0 Å². The van der Waals surface area contributed by atoms with Crippen LogP contribution >= 0.6 is 12.2 Å². The molecule has 0 aromatic rings. The van der Waals surface area contributed by atoms with E-state index >= 15 is 0 Å². The monoisotopic (exact) mass is 284 g/mol. The van der Waals surface area contributed by atoms with Crippen LogP contribution in [0.25, 0.3) is 0 Å². The zero-order valence-corrected chi connectivity index (χ0v) is 13.0. The van der Waals surface area contributed by atoms with Gasteiger partial charge in [0.15, 0.2) is 0 Å². The predicted octanol–water partition coefficient (Wildman–Crippen LogP) is 3.26. The number of rotatable bonds is 8. The highest BCUT2D eigenvalue weighted by Crippen LogP contribution is 2.18. The lowest BCUT2D eigenvalue weighted by atomic mass is 9.96. The van der Waals surface area contributed by atoms with Gasteiger partial charge in [-0.15, -0.1) is 0 Å². The molecule has 3 nitrogen and oxygen atoms in total. The molecule has 1 aliphatic heterocycles. The summed E-state index contributed by atoms with van der Waals surface area (Å²) in [5.74, 6) is 0.657. The van der Waals surface area contributed by atoms with E-state index in [4.69, 9.17) is 18.0 Å². The first-order valence-corrected chi connectivity index (χ1v) is 8.13. The molecule has 0 saturated carbocycles. The second-order valence-corrected chi connectivity index (χ2v) is 6.05. The molecule has 1 aliphatic rings. The van der Waals surface area contributed by atoms with Gasteiger partial charge in [-0.1, -0.05) is 51.2 Å². The van der Waals surface area contributed by atoms with Gasteiger partial charge in [0, 0.05) is 25.4 Å². The van der Waals surface area contributed by atoms with E-state index < -0.39 is 0 Å². The third-order valence-corrected chi connectivity index (χ3v) is 4.33. The lowest BCUT2D eigenvalue weighted by molar-refractivity contribution is -0.132. The van der Waals surface area contributed by atoms with Gasteiger partial charge in [0.25, 0.3) is 0 Å². The number of nitrogens with zero attached hydrogens (tertiary/aromatic N) is 1.